The molecule has 0 aliphatic carbocycles. The number of halogens is 2. The van der Waals surface area contributed by atoms with Gasteiger partial charge in [-0.25, -0.2) is 0 Å². The minimum Gasteiger partial charge on any atom is -0.292 e. The van der Waals surface area contributed by atoms with Crippen molar-refractivity contribution in [2.45, 2.75) is 5.92 Å². The predicted molar refractivity (Wildman–Crippen MR) is 81.0 cm³/mol. The van der Waals surface area contributed by atoms with Gasteiger partial charge in [0, 0.05) is 14.5 Å². The van der Waals surface area contributed by atoms with E-state index in [0.717, 1.165) is 8.95 Å². The first-order valence-corrected chi connectivity index (χ1v) is 7.16. The molecular weight excluding hydrogens is 370 g/mol. The Morgan fingerprint density at radius 3 is 2.26 bits per heavy atom. The van der Waals surface area contributed by atoms with Crippen molar-refractivity contribution in [3.05, 3.63) is 68.6 Å². The molecule has 0 aliphatic rings. The molecule has 0 aliphatic heterocycles. The molecule has 0 saturated heterocycles. The van der Waals surface area contributed by atoms with Crippen LogP contribution in [0.1, 0.15) is 21.8 Å². The molecule has 1 atom stereocenters. The summed E-state index contributed by atoms with van der Waals surface area (Å²) in [5.74, 6) is -0.987. The zero-order chi connectivity index (χ0) is 13.8. The predicted octanol–water partition coefficient (Wildman–Crippen LogP) is 4.70. The Morgan fingerprint density at radius 1 is 1.05 bits per heavy atom. The number of nitriles is 1. The molecule has 2 nitrogen and oxygen atoms in total. The summed E-state index contributed by atoms with van der Waals surface area (Å²) in [7, 11) is 0. The minimum absolute atomic E-state index is 0.193. The number of nitrogens with zero attached hydrogens (tertiary/aromatic N) is 1. The molecule has 2 aromatic rings. The van der Waals surface area contributed by atoms with Crippen molar-refractivity contribution < 1.29 is 4.79 Å². The van der Waals surface area contributed by atoms with E-state index >= 15 is 0 Å². The Bertz CT molecular complexity index is 644. The van der Waals surface area contributed by atoms with E-state index in [1.807, 2.05) is 18.2 Å². The van der Waals surface area contributed by atoms with Gasteiger partial charge in [0.15, 0.2) is 5.78 Å². The van der Waals surface area contributed by atoms with Gasteiger partial charge in [0.2, 0.25) is 0 Å². The average molecular weight is 379 g/mol. The van der Waals surface area contributed by atoms with Gasteiger partial charge in [-0.3, -0.25) is 4.79 Å². The van der Waals surface area contributed by atoms with Gasteiger partial charge in [-0.2, -0.15) is 5.26 Å². The SMILES string of the molecule is N#CC(C(=O)c1ccc(Br)cc1)c1ccccc1Br. The summed E-state index contributed by atoms with van der Waals surface area (Å²) in [6.07, 6.45) is 0. The second-order valence-electron chi connectivity index (χ2n) is 3.95. The largest absolute Gasteiger partial charge is 0.292 e. The molecule has 2 aromatic carbocycles. The van der Waals surface area contributed by atoms with Crippen LogP contribution in [-0.4, -0.2) is 5.78 Å². The minimum atomic E-state index is -0.795. The van der Waals surface area contributed by atoms with E-state index < -0.39 is 5.92 Å². The highest BCUT2D eigenvalue weighted by molar-refractivity contribution is 9.10. The number of carbonyl (C=O) groups excluding carboxylic acids is 1. The van der Waals surface area contributed by atoms with Crippen molar-refractivity contribution in [1.29, 1.82) is 5.26 Å². The Labute approximate surface area is 128 Å². The Balaban J connectivity index is 2.38. The number of carbonyl (C=O) groups is 1. The third kappa shape index (κ3) is 3.12. The second kappa shape index (κ2) is 6.14. The molecule has 4 heteroatoms. The lowest BCUT2D eigenvalue weighted by atomic mass is 9.92. The van der Waals surface area contributed by atoms with Crippen LogP contribution in [0.15, 0.2) is 57.5 Å². The number of hydrogen-bond acceptors (Lipinski definition) is 2. The summed E-state index contributed by atoms with van der Waals surface area (Å²) in [6.45, 7) is 0. The third-order valence-corrected chi connectivity index (χ3v) is 3.99. The molecule has 0 saturated carbocycles. The monoisotopic (exact) mass is 377 g/mol. The lowest BCUT2D eigenvalue weighted by Gasteiger charge is -2.10. The fourth-order valence-corrected chi connectivity index (χ4v) is 2.54. The first-order valence-electron chi connectivity index (χ1n) is 5.57. The van der Waals surface area contributed by atoms with Crippen LogP contribution >= 0.6 is 31.9 Å². The van der Waals surface area contributed by atoms with Crippen LogP contribution in [0.25, 0.3) is 0 Å². The van der Waals surface area contributed by atoms with Gasteiger partial charge >= 0.3 is 0 Å². The number of rotatable bonds is 3. The maximum Gasteiger partial charge on any atom is 0.184 e. The van der Waals surface area contributed by atoms with Crippen LogP contribution in [0.4, 0.5) is 0 Å². The van der Waals surface area contributed by atoms with Crippen molar-refractivity contribution >= 4 is 37.6 Å². The van der Waals surface area contributed by atoms with Crippen LogP contribution < -0.4 is 0 Å². The average Bonchev–Trinajstić information content (AvgIpc) is 2.42. The Kier molecular flexibility index (Phi) is 4.52. The van der Waals surface area contributed by atoms with Crippen LogP contribution in [-0.2, 0) is 0 Å². The highest BCUT2D eigenvalue weighted by atomic mass is 79.9. The molecule has 0 fully saturated rings. The summed E-state index contributed by atoms with van der Waals surface area (Å²) >= 11 is 6.70. The first-order chi connectivity index (χ1) is 9.13. The van der Waals surface area contributed by atoms with Crippen LogP contribution in [0.3, 0.4) is 0 Å². The van der Waals surface area contributed by atoms with Crippen molar-refractivity contribution in [2.75, 3.05) is 0 Å². The topological polar surface area (TPSA) is 40.9 Å². The Hall–Kier alpha value is -1.44. The Morgan fingerprint density at radius 2 is 1.68 bits per heavy atom. The van der Waals surface area contributed by atoms with Gasteiger partial charge in [0.25, 0.3) is 0 Å². The van der Waals surface area contributed by atoms with E-state index in [9.17, 15) is 10.1 Å². The van der Waals surface area contributed by atoms with Crippen LogP contribution in [0.5, 0.6) is 0 Å². The molecule has 94 valence electrons. The van der Waals surface area contributed by atoms with Crippen molar-refractivity contribution in [1.82, 2.24) is 0 Å². The summed E-state index contributed by atoms with van der Waals surface area (Å²) in [5.41, 5.74) is 1.23. The summed E-state index contributed by atoms with van der Waals surface area (Å²) in [5, 5.41) is 9.29. The zero-order valence-electron chi connectivity index (χ0n) is 9.81. The van der Waals surface area contributed by atoms with Crippen molar-refractivity contribution in [2.24, 2.45) is 0 Å². The molecule has 0 bridgehead atoms. The number of Topliss-reactive ketones (excluding diaryl/α,β-unsaturated/α-hetero) is 1. The number of ketones is 1. The fourth-order valence-electron chi connectivity index (χ4n) is 1.76. The van der Waals surface area contributed by atoms with Gasteiger partial charge in [0.05, 0.1) is 6.07 Å². The zero-order valence-corrected chi connectivity index (χ0v) is 13.0. The summed E-state index contributed by atoms with van der Waals surface area (Å²) in [6, 6.07) is 16.4. The molecule has 0 heterocycles. The molecule has 0 aromatic heterocycles. The molecule has 2 rings (SSSR count). The van der Waals surface area contributed by atoms with Crippen LogP contribution in [0.2, 0.25) is 0 Å². The van der Waals surface area contributed by atoms with Gasteiger partial charge in [0.1, 0.15) is 5.92 Å². The van der Waals surface area contributed by atoms with E-state index in [-0.39, 0.29) is 5.78 Å². The molecule has 19 heavy (non-hydrogen) atoms. The van der Waals surface area contributed by atoms with E-state index in [2.05, 4.69) is 37.9 Å². The summed E-state index contributed by atoms with van der Waals surface area (Å²) < 4.78 is 1.67. The van der Waals surface area contributed by atoms with Gasteiger partial charge in [-0.05, 0) is 23.8 Å². The smallest absolute Gasteiger partial charge is 0.184 e. The van der Waals surface area contributed by atoms with Gasteiger partial charge in [-0.1, -0.05) is 62.2 Å². The normalized spacial score (nSPS) is 11.6. The van der Waals surface area contributed by atoms with Crippen molar-refractivity contribution in [3.63, 3.8) is 0 Å². The highest BCUT2D eigenvalue weighted by Crippen LogP contribution is 2.27. The maximum absolute atomic E-state index is 12.4. The van der Waals surface area contributed by atoms with Crippen LogP contribution in [0, 0.1) is 11.3 Å². The molecule has 0 spiro atoms. The highest BCUT2D eigenvalue weighted by Gasteiger charge is 2.23. The maximum atomic E-state index is 12.4. The number of benzene rings is 2. The first kappa shape index (κ1) is 14.0. The lowest BCUT2D eigenvalue weighted by molar-refractivity contribution is 0.0978. The molecular formula is C15H9Br2NO. The molecule has 0 N–H and O–H groups in total. The molecule has 0 radical (unpaired) electrons. The van der Waals surface area contributed by atoms with Gasteiger partial charge < -0.3 is 0 Å². The van der Waals surface area contributed by atoms with E-state index in [1.54, 1.807) is 30.3 Å². The second-order valence-corrected chi connectivity index (χ2v) is 5.72. The van der Waals surface area contributed by atoms with E-state index in [4.69, 9.17) is 0 Å². The van der Waals surface area contributed by atoms with Gasteiger partial charge in [-0.15, -0.1) is 0 Å². The number of hydrogen-bond donors (Lipinski definition) is 0. The fraction of sp³-hybridized carbons (Fsp3) is 0.0667. The van der Waals surface area contributed by atoms with Crippen molar-refractivity contribution in [3.8, 4) is 6.07 Å². The lowest BCUT2D eigenvalue weighted by Crippen LogP contribution is -2.11. The molecule has 1 unspecified atom stereocenters. The standard InChI is InChI=1S/C15H9Br2NO/c16-11-7-5-10(6-8-11)15(19)13(9-18)12-3-1-2-4-14(12)17/h1-8,13H. The van der Waals surface area contributed by atoms with E-state index in [1.165, 1.54) is 0 Å². The summed E-state index contributed by atoms with van der Waals surface area (Å²) in [4.78, 5) is 12.4. The third-order valence-electron chi connectivity index (χ3n) is 2.74. The molecule has 0 amide bonds. The quantitative estimate of drug-likeness (QED) is 0.726. The van der Waals surface area contributed by atoms with E-state index in [0.29, 0.717) is 11.1 Å².